The number of ether oxygens (including phenoxy) is 6. The lowest BCUT2D eigenvalue weighted by atomic mass is 10.4. The zero-order valence-corrected chi connectivity index (χ0v) is 42.1. The van der Waals surface area contributed by atoms with Gasteiger partial charge in [0, 0.05) is 46.6 Å². The van der Waals surface area contributed by atoms with Crippen LogP contribution in [0.2, 0.25) is 0 Å². The molecule has 68 heavy (non-hydrogen) atoms. The van der Waals surface area contributed by atoms with Gasteiger partial charge < -0.3 is 28.4 Å². The molecule has 0 amide bonds. The maximum Gasteiger partial charge on any atom is 0.253 e. The van der Waals surface area contributed by atoms with E-state index in [4.69, 9.17) is 28.4 Å². The summed E-state index contributed by atoms with van der Waals surface area (Å²) in [5.74, 6) is -2.63. The second-order valence-corrected chi connectivity index (χ2v) is 23.4. The smallest absolute Gasteiger partial charge is 0.253 e. The van der Waals surface area contributed by atoms with Gasteiger partial charge in [0.25, 0.3) is 40.1 Å². The van der Waals surface area contributed by atoms with Gasteiger partial charge >= 0.3 is 0 Å². The molecule has 18 nitrogen and oxygen atoms in total. The van der Waals surface area contributed by atoms with Crippen LogP contribution < -0.4 is 8.25 Å². The molecular formula is C40H54F4N2O16S6. The number of rotatable bonds is 8. The predicted octanol–water partition coefficient (Wildman–Crippen LogP) is 3.35. The van der Waals surface area contributed by atoms with E-state index >= 15 is 0 Å². The van der Waals surface area contributed by atoms with E-state index in [1.807, 2.05) is 0 Å². The van der Waals surface area contributed by atoms with Gasteiger partial charge in [-0.3, -0.25) is 8.42 Å². The molecule has 0 aromatic heterocycles. The van der Waals surface area contributed by atoms with E-state index < -0.39 is 105 Å². The zero-order valence-electron chi connectivity index (χ0n) is 37.2. The average molecular weight is 1090 g/mol. The predicted molar refractivity (Wildman–Crippen MR) is 246 cm³/mol. The maximum absolute atomic E-state index is 12.7. The molecule has 0 spiro atoms. The third-order valence-electron chi connectivity index (χ3n) is 7.17. The molecule has 0 unspecified atom stereocenters. The minimum atomic E-state index is -4.39. The summed E-state index contributed by atoms with van der Waals surface area (Å²) in [7, 11) is -18.8. The maximum atomic E-state index is 12.7. The Hall–Kier alpha value is -3.62. The number of benzene rings is 4. The lowest BCUT2D eigenvalue weighted by molar-refractivity contribution is -0.0334. The van der Waals surface area contributed by atoms with Gasteiger partial charge in [0.1, 0.15) is 23.3 Å². The SMILES string of the molecule is C1COCCOCCOCCOCCOCCO1.CS(C)=O.CS(C)=O.O=S(=O)(NS(=O)(=O)c1ccc(F)cc1)c1ccc(F)cc1.O=S(=O)(NS(=O)(=O)c1ccc(F)cc1)c1ccc(F)cc1. The first-order valence-corrected chi connectivity index (χ1v) is 29.3. The fourth-order valence-corrected chi connectivity index (χ4v) is 10.1. The van der Waals surface area contributed by atoms with Crippen molar-refractivity contribution in [3.8, 4) is 0 Å². The largest absolute Gasteiger partial charge is 0.377 e. The normalized spacial score (nSPS) is 15.0. The van der Waals surface area contributed by atoms with Gasteiger partial charge in [-0.25, -0.2) is 51.2 Å². The van der Waals surface area contributed by atoms with E-state index in [0.717, 1.165) is 97.1 Å². The molecule has 0 atom stereocenters. The van der Waals surface area contributed by atoms with Crippen LogP contribution in [0.25, 0.3) is 0 Å². The molecule has 28 heteroatoms. The number of sulfonamides is 4. The van der Waals surface area contributed by atoms with Crippen molar-refractivity contribution < 1.29 is 88.1 Å². The highest BCUT2D eigenvalue weighted by molar-refractivity contribution is 8.05. The molecule has 1 heterocycles. The van der Waals surface area contributed by atoms with Gasteiger partial charge in [-0.05, 0) is 97.1 Å². The molecule has 0 bridgehead atoms. The van der Waals surface area contributed by atoms with Crippen LogP contribution in [0.3, 0.4) is 0 Å². The molecule has 1 fully saturated rings. The third kappa shape index (κ3) is 28.8. The lowest BCUT2D eigenvalue weighted by Gasteiger charge is -2.09. The highest BCUT2D eigenvalue weighted by Gasteiger charge is 2.26. The lowest BCUT2D eigenvalue weighted by Crippen LogP contribution is -2.30. The Labute approximate surface area is 400 Å². The zero-order chi connectivity index (χ0) is 51.2. The molecule has 0 saturated carbocycles. The Bertz CT molecular complexity index is 2150. The van der Waals surface area contributed by atoms with Crippen molar-refractivity contribution in [2.24, 2.45) is 0 Å². The fourth-order valence-electron chi connectivity index (χ4n) is 4.26. The monoisotopic (exact) mass is 1090 g/mol. The number of nitrogens with one attached hydrogen (secondary N) is 2. The van der Waals surface area contributed by atoms with Gasteiger partial charge in [-0.1, -0.05) is 0 Å². The second-order valence-electron chi connectivity index (χ2n) is 13.2. The number of hydrogen-bond donors (Lipinski definition) is 2. The van der Waals surface area contributed by atoms with Crippen molar-refractivity contribution in [2.75, 3.05) is 104 Å². The van der Waals surface area contributed by atoms with Crippen LogP contribution in [0.1, 0.15) is 0 Å². The van der Waals surface area contributed by atoms with E-state index in [0.29, 0.717) is 79.3 Å². The summed E-state index contributed by atoms with van der Waals surface area (Å²) in [5.41, 5.74) is 0. The van der Waals surface area contributed by atoms with Gasteiger partial charge in [0.15, 0.2) is 0 Å². The van der Waals surface area contributed by atoms with E-state index in [9.17, 15) is 59.7 Å². The van der Waals surface area contributed by atoms with E-state index in [-0.39, 0.29) is 0 Å². The molecule has 0 radical (unpaired) electrons. The summed E-state index contributed by atoms with van der Waals surface area (Å²) < 4.78 is 200. The molecule has 1 saturated heterocycles. The van der Waals surface area contributed by atoms with Crippen LogP contribution in [0.15, 0.2) is 117 Å². The van der Waals surface area contributed by atoms with Crippen molar-refractivity contribution in [2.45, 2.75) is 19.6 Å². The molecule has 2 N–H and O–H groups in total. The van der Waals surface area contributed by atoms with Crippen molar-refractivity contribution in [1.82, 2.24) is 8.25 Å². The van der Waals surface area contributed by atoms with Crippen LogP contribution in [0.4, 0.5) is 17.6 Å². The molecule has 5 rings (SSSR count). The van der Waals surface area contributed by atoms with Crippen molar-refractivity contribution in [3.05, 3.63) is 120 Å². The van der Waals surface area contributed by atoms with Crippen LogP contribution in [-0.2, 0) is 90.1 Å². The second kappa shape index (κ2) is 33.1. The Morgan fingerprint density at radius 2 is 0.441 bits per heavy atom. The highest BCUT2D eigenvalue weighted by atomic mass is 32.3. The first-order chi connectivity index (χ1) is 31.9. The Kier molecular flexibility index (Phi) is 30.3. The summed E-state index contributed by atoms with van der Waals surface area (Å²) in [6.45, 7) is 7.04. The fraction of sp³-hybridized carbons (Fsp3) is 0.400. The van der Waals surface area contributed by atoms with Crippen molar-refractivity contribution in [3.63, 3.8) is 0 Å². The van der Waals surface area contributed by atoms with Crippen LogP contribution in [-0.4, -0.2) is 146 Å². The Morgan fingerprint density at radius 1 is 0.324 bits per heavy atom. The molecule has 1 aliphatic heterocycles. The van der Waals surface area contributed by atoms with Crippen LogP contribution in [0, 0.1) is 23.3 Å². The molecule has 4 aromatic rings. The first kappa shape index (κ1) is 62.4. The molecule has 1 aliphatic rings. The molecular weight excluding hydrogens is 1030 g/mol. The average Bonchev–Trinajstić information content (AvgIpc) is 3.24. The van der Waals surface area contributed by atoms with E-state index in [1.165, 1.54) is 8.25 Å². The summed E-state index contributed by atoms with van der Waals surface area (Å²) in [6, 6.07) is 14.5. The number of halogens is 4. The van der Waals surface area contributed by atoms with E-state index in [1.54, 1.807) is 25.0 Å². The quantitative estimate of drug-likeness (QED) is 0.240. The van der Waals surface area contributed by atoms with Gasteiger partial charge in [-0.2, -0.15) is 0 Å². The van der Waals surface area contributed by atoms with Gasteiger partial charge in [0.2, 0.25) is 0 Å². The van der Waals surface area contributed by atoms with Crippen molar-refractivity contribution >= 4 is 61.7 Å². The van der Waals surface area contributed by atoms with Gasteiger partial charge in [0.05, 0.1) is 98.9 Å². The standard InChI is InChI=1S/2C12H9F2NO4S2.C12H24O6.2C2H6OS/c2*13-9-1-5-11(6-2-9)20(16,17)15-21(18,19)12-7-3-10(14)4-8-12;1-2-14-5-6-16-9-10-18-12-11-17-8-7-15-4-3-13-1;2*1-4(2)3/h2*1-8,15H;1-12H2;2*1-2H3. The Morgan fingerprint density at radius 3 is 0.559 bits per heavy atom. The molecule has 384 valence electrons. The van der Waals surface area contributed by atoms with Crippen molar-refractivity contribution in [1.29, 1.82) is 0 Å². The van der Waals surface area contributed by atoms with Gasteiger partial charge in [-0.15, -0.1) is 8.25 Å². The third-order valence-corrected chi connectivity index (χ3v) is 14.2. The molecule has 0 aliphatic carbocycles. The summed E-state index contributed by atoms with van der Waals surface area (Å²) in [5, 5.41) is 0. The summed E-state index contributed by atoms with van der Waals surface area (Å²) >= 11 is 0. The topological polar surface area (TPSA) is 250 Å². The first-order valence-electron chi connectivity index (χ1n) is 19.4. The summed E-state index contributed by atoms with van der Waals surface area (Å²) in [4.78, 5) is -1.63. The van der Waals surface area contributed by atoms with E-state index in [2.05, 4.69) is 0 Å². The van der Waals surface area contributed by atoms with Crippen LogP contribution >= 0.6 is 0 Å². The van der Waals surface area contributed by atoms with Crippen LogP contribution in [0.5, 0.6) is 0 Å². The summed E-state index contributed by atoms with van der Waals surface area (Å²) in [6.07, 6.45) is 6.56. The molecule has 4 aromatic carbocycles. The minimum absolute atomic E-state index is 0.408. The number of hydrogen-bond acceptors (Lipinski definition) is 16. The minimum Gasteiger partial charge on any atom is -0.377 e. The Balaban J connectivity index is 0.000000473. The highest BCUT2D eigenvalue weighted by Crippen LogP contribution is 2.17.